The Kier molecular flexibility index (Phi) is 6.18. The number of halogens is 2. The van der Waals surface area contributed by atoms with Crippen molar-refractivity contribution in [3.8, 4) is 10.6 Å². The molecule has 34 heavy (non-hydrogen) atoms. The highest BCUT2D eigenvalue weighted by Crippen LogP contribution is 2.37. The molecule has 1 fully saturated rings. The van der Waals surface area contributed by atoms with Gasteiger partial charge in [0.15, 0.2) is 5.78 Å². The molecule has 2 aliphatic heterocycles. The van der Waals surface area contributed by atoms with Crippen LogP contribution in [0.3, 0.4) is 0 Å². The molecule has 0 aliphatic carbocycles. The fourth-order valence-electron chi connectivity index (χ4n) is 4.78. The Morgan fingerprint density at radius 1 is 1.26 bits per heavy atom. The van der Waals surface area contributed by atoms with Crippen LogP contribution in [-0.4, -0.2) is 41.4 Å². The summed E-state index contributed by atoms with van der Waals surface area (Å²) in [4.78, 5) is 24.4. The van der Waals surface area contributed by atoms with Crippen molar-refractivity contribution < 1.29 is 13.6 Å². The van der Waals surface area contributed by atoms with E-state index in [4.69, 9.17) is 11.5 Å². The molecule has 0 saturated carbocycles. The number of pyridine rings is 1. The second-order valence-electron chi connectivity index (χ2n) is 8.77. The van der Waals surface area contributed by atoms with Crippen LogP contribution in [0.4, 0.5) is 25.3 Å². The number of aromatic nitrogens is 2. The average molecular weight is 485 g/mol. The third kappa shape index (κ3) is 4.23. The smallest absolute Gasteiger partial charge is 0.188 e. The summed E-state index contributed by atoms with van der Waals surface area (Å²) < 4.78 is 28.5. The topological polar surface area (TPSA) is 110 Å². The van der Waals surface area contributed by atoms with Gasteiger partial charge in [0.1, 0.15) is 33.2 Å². The molecule has 5 N–H and O–H groups in total. The van der Waals surface area contributed by atoms with E-state index < -0.39 is 11.6 Å². The van der Waals surface area contributed by atoms with Gasteiger partial charge in [-0.3, -0.25) is 4.79 Å². The molecule has 178 valence electrons. The van der Waals surface area contributed by atoms with Crippen LogP contribution >= 0.6 is 11.3 Å². The number of anilines is 3. The monoisotopic (exact) mass is 484 g/mol. The minimum absolute atomic E-state index is 0.0276. The van der Waals surface area contributed by atoms with Gasteiger partial charge in [0.25, 0.3) is 0 Å². The Morgan fingerprint density at radius 2 is 2.06 bits per heavy atom. The van der Waals surface area contributed by atoms with Crippen LogP contribution in [0, 0.1) is 11.6 Å². The number of thiazole rings is 1. The Balaban J connectivity index is 1.49. The van der Waals surface area contributed by atoms with Crippen LogP contribution in [0.2, 0.25) is 0 Å². The summed E-state index contributed by atoms with van der Waals surface area (Å²) in [7, 11) is 0. The van der Waals surface area contributed by atoms with Gasteiger partial charge in [0.2, 0.25) is 0 Å². The molecule has 2 aromatic heterocycles. The Labute approximate surface area is 200 Å². The minimum Gasteiger partial charge on any atom is -0.389 e. The molecule has 1 aromatic carbocycles. The predicted octanol–water partition coefficient (Wildman–Crippen LogP) is 3.78. The maximum absolute atomic E-state index is 14.2. The van der Waals surface area contributed by atoms with Crippen molar-refractivity contribution in [2.45, 2.75) is 38.1 Å². The number of hydrogen-bond donors (Lipinski definition) is 3. The molecule has 2 aliphatic rings. The van der Waals surface area contributed by atoms with Crippen LogP contribution in [-0.2, 0) is 12.8 Å². The van der Waals surface area contributed by atoms with Crippen LogP contribution in [0.5, 0.6) is 0 Å². The number of carbonyl (C=O) groups is 1. The quantitative estimate of drug-likeness (QED) is 0.473. The zero-order chi connectivity index (χ0) is 23.8. The lowest BCUT2D eigenvalue weighted by molar-refractivity contribution is 0.0989. The summed E-state index contributed by atoms with van der Waals surface area (Å²) >= 11 is 0.903. The number of fused-ring (bicyclic) bond motifs is 1. The number of rotatable bonds is 5. The van der Waals surface area contributed by atoms with Gasteiger partial charge in [-0.15, -0.1) is 0 Å². The van der Waals surface area contributed by atoms with E-state index in [0.29, 0.717) is 6.54 Å². The van der Waals surface area contributed by atoms with Gasteiger partial charge in [-0.05, 0) is 37.8 Å². The fourth-order valence-corrected chi connectivity index (χ4v) is 5.68. The third-order valence-corrected chi connectivity index (χ3v) is 7.24. The van der Waals surface area contributed by atoms with E-state index in [1.807, 2.05) is 0 Å². The molecule has 1 atom stereocenters. The number of ketones is 1. The van der Waals surface area contributed by atoms with Crippen molar-refractivity contribution in [1.82, 2.24) is 9.97 Å². The number of hydrogen-bond acceptors (Lipinski definition) is 8. The summed E-state index contributed by atoms with van der Waals surface area (Å²) in [6.07, 6.45) is 5.57. The molecule has 5 rings (SSSR count). The number of benzene rings is 1. The second-order valence-corrected chi connectivity index (χ2v) is 9.80. The average Bonchev–Trinajstić information content (AvgIpc) is 3.20. The number of piperidine rings is 1. The summed E-state index contributed by atoms with van der Waals surface area (Å²) in [6, 6.07) is 3.66. The number of nitrogens with one attached hydrogen (secondary N) is 1. The zero-order valence-electron chi connectivity index (χ0n) is 18.6. The molecule has 0 bridgehead atoms. The molecule has 10 heteroatoms. The standard InChI is InChI=1S/C24H26F2N6OS/c25-16-6-1-7-17(26)19(16)24-31-20(22(28)34-24)18(33)10-13-11-30-23-15(5-2-8-29-23)21(13)32-9-3-4-14(27)12-32/h1,6-7,11,14H,2-5,8-10,12,27-28H2,(H,29,30)/t14-/m0/s1. The maximum atomic E-state index is 14.2. The number of nitrogen functional groups attached to an aromatic ring is 1. The number of carbonyl (C=O) groups excluding carboxylic acids is 1. The Morgan fingerprint density at radius 3 is 2.82 bits per heavy atom. The number of nitrogens with two attached hydrogens (primary N) is 2. The van der Waals surface area contributed by atoms with Gasteiger partial charge in [-0.2, -0.15) is 0 Å². The summed E-state index contributed by atoms with van der Waals surface area (Å²) in [6.45, 7) is 2.44. The molecule has 7 nitrogen and oxygen atoms in total. The lowest BCUT2D eigenvalue weighted by atomic mass is 9.95. The van der Waals surface area contributed by atoms with Crippen LogP contribution in [0.25, 0.3) is 10.6 Å². The van der Waals surface area contributed by atoms with Crippen molar-refractivity contribution in [1.29, 1.82) is 0 Å². The van der Waals surface area contributed by atoms with Crippen LogP contribution in [0.15, 0.2) is 24.4 Å². The van der Waals surface area contributed by atoms with E-state index in [0.717, 1.165) is 84.9 Å². The highest BCUT2D eigenvalue weighted by atomic mass is 32.1. The van der Waals surface area contributed by atoms with Gasteiger partial charge >= 0.3 is 0 Å². The lowest BCUT2D eigenvalue weighted by Gasteiger charge is -2.36. The van der Waals surface area contributed by atoms with E-state index in [1.54, 1.807) is 6.20 Å². The van der Waals surface area contributed by atoms with E-state index in [2.05, 4.69) is 20.2 Å². The first-order valence-corrected chi connectivity index (χ1v) is 12.2. The first-order chi connectivity index (χ1) is 16.4. The van der Waals surface area contributed by atoms with Crippen molar-refractivity contribution in [3.63, 3.8) is 0 Å². The lowest BCUT2D eigenvalue weighted by Crippen LogP contribution is -2.44. The van der Waals surface area contributed by atoms with Gasteiger partial charge in [-0.1, -0.05) is 17.4 Å². The number of Topliss-reactive ketones (excluding diaryl/α,β-unsaturated/α-hetero) is 1. The zero-order valence-corrected chi connectivity index (χ0v) is 19.4. The van der Waals surface area contributed by atoms with Gasteiger partial charge in [0.05, 0.1) is 5.56 Å². The van der Waals surface area contributed by atoms with Crippen molar-refractivity contribution in [2.75, 3.05) is 35.6 Å². The molecule has 0 amide bonds. The van der Waals surface area contributed by atoms with Gasteiger partial charge < -0.3 is 21.7 Å². The molecule has 0 unspecified atom stereocenters. The molecule has 3 aromatic rings. The van der Waals surface area contributed by atoms with Crippen molar-refractivity contribution >= 4 is 33.6 Å². The molecule has 4 heterocycles. The molecule has 0 radical (unpaired) electrons. The first kappa shape index (κ1) is 22.7. The van der Waals surface area contributed by atoms with Crippen molar-refractivity contribution in [3.05, 3.63) is 52.9 Å². The van der Waals surface area contributed by atoms with Gasteiger partial charge in [0, 0.05) is 55.1 Å². The van der Waals surface area contributed by atoms with E-state index in [-0.39, 0.29) is 39.5 Å². The number of nitrogens with zero attached hydrogens (tertiary/aromatic N) is 3. The molecule has 1 saturated heterocycles. The van der Waals surface area contributed by atoms with Crippen LogP contribution < -0.4 is 21.7 Å². The SMILES string of the molecule is Nc1sc(-c2c(F)cccc2F)nc1C(=O)Cc1cnc2c(c1N1CCC[C@H](N)C1)CCCN2. The maximum Gasteiger partial charge on any atom is 0.188 e. The summed E-state index contributed by atoms with van der Waals surface area (Å²) in [5.74, 6) is -0.961. The molecule has 0 spiro atoms. The summed E-state index contributed by atoms with van der Waals surface area (Å²) in [5, 5.41) is 3.53. The Bertz CT molecular complexity index is 1230. The second kappa shape index (κ2) is 9.27. The largest absolute Gasteiger partial charge is 0.389 e. The highest BCUT2D eigenvalue weighted by molar-refractivity contribution is 7.19. The van der Waals surface area contributed by atoms with Crippen LogP contribution in [0.1, 0.15) is 40.9 Å². The van der Waals surface area contributed by atoms with E-state index >= 15 is 0 Å². The summed E-state index contributed by atoms with van der Waals surface area (Å²) in [5.41, 5.74) is 15.0. The fraction of sp³-hybridized carbons (Fsp3) is 0.375. The Hall–Kier alpha value is -3.11. The minimum atomic E-state index is -0.747. The van der Waals surface area contributed by atoms with E-state index in [9.17, 15) is 13.6 Å². The van der Waals surface area contributed by atoms with Gasteiger partial charge in [-0.25, -0.2) is 18.7 Å². The van der Waals surface area contributed by atoms with E-state index in [1.165, 1.54) is 6.07 Å². The normalized spacial score (nSPS) is 17.9. The van der Waals surface area contributed by atoms with Crippen molar-refractivity contribution in [2.24, 2.45) is 5.73 Å². The highest BCUT2D eigenvalue weighted by Gasteiger charge is 2.28. The predicted molar refractivity (Wildman–Crippen MR) is 130 cm³/mol. The molecular weight excluding hydrogens is 458 g/mol. The third-order valence-electron chi connectivity index (χ3n) is 6.34. The molecular formula is C24H26F2N6OS. The first-order valence-electron chi connectivity index (χ1n) is 11.4.